The minimum Gasteiger partial charge on any atom is -0.493 e. The summed E-state index contributed by atoms with van der Waals surface area (Å²) < 4.78 is 25.5. The highest BCUT2D eigenvalue weighted by Gasteiger charge is 2.42. The average Bonchev–Trinajstić information content (AvgIpc) is 2.85. The van der Waals surface area contributed by atoms with Crippen molar-refractivity contribution in [3.05, 3.63) is 81.9 Å². The van der Waals surface area contributed by atoms with Gasteiger partial charge in [-0.2, -0.15) is 0 Å². The van der Waals surface area contributed by atoms with Crippen LogP contribution in [0.3, 0.4) is 0 Å². The Morgan fingerprint density at radius 1 is 0.912 bits per heavy atom. The quantitative estimate of drug-likeness (QED) is 0.592. The number of allylic oxidation sites excluding steroid dienone is 4. The summed E-state index contributed by atoms with van der Waals surface area (Å²) in [5.41, 5.74) is 4.85. The largest absolute Gasteiger partial charge is 0.493 e. The van der Waals surface area contributed by atoms with Gasteiger partial charge in [0.1, 0.15) is 12.4 Å². The van der Waals surface area contributed by atoms with Gasteiger partial charge in [0.2, 0.25) is 0 Å². The van der Waals surface area contributed by atoms with Gasteiger partial charge in [0.05, 0.1) is 7.11 Å². The average molecular weight is 462 g/mol. The predicted molar refractivity (Wildman–Crippen MR) is 126 cm³/mol. The number of benzene rings is 2. The normalized spacial score (nSPS) is 18.7. The van der Waals surface area contributed by atoms with Crippen molar-refractivity contribution in [2.45, 2.75) is 51.0 Å². The lowest BCUT2D eigenvalue weighted by atomic mass is 9.71. The molecule has 34 heavy (non-hydrogen) atoms. The van der Waals surface area contributed by atoms with Crippen LogP contribution in [-0.4, -0.2) is 30.6 Å². The van der Waals surface area contributed by atoms with Crippen LogP contribution in [-0.2, 0) is 16.2 Å². The van der Waals surface area contributed by atoms with Crippen LogP contribution in [0.5, 0.6) is 11.5 Å². The standard InChI is InChI=1S/C28H28FNO4/c1-30-20-9-5-11-22(31)27(20)26(28-21(30)10-6-12-23(28)32)17-13-14-24(25(15-17)33-2)34-16-18-7-3-4-8-19(18)29/h3-4,7-8,13-15,26H,5-6,9-12,16H2,1-2H3. The molecule has 0 bridgehead atoms. The molecule has 0 N–H and O–H groups in total. The van der Waals surface area contributed by atoms with Crippen molar-refractivity contribution in [3.63, 3.8) is 0 Å². The maximum absolute atomic E-state index is 14.0. The zero-order valence-electron chi connectivity index (χ0n) is 19.5. The Morgan fingerprint density at radius 2 is 1.56 bits per heavy atom. The lowest BCUT2D eigenvalue weighted by Crippen LogP contribution is -2.37. The smallest absolute Gasteiger partial charge is 0.161 e. The molecule has 3 aliphatic rings. The van der Waals surface area contributed by atoms with E-state index in [1.54, 1.807) is 31.4 Å². The van der Waals surface area contributed by atoms with E-state index >= 15 is 0 Å². The Balaban J connectivity index is 1.55. The fourth-order valence-electron chi connectivity index (χ4n) is 5.44. The maximum atomic E-state index is 14.0. The van der Waals surface area contributed by atoms with Crippen molar-refractivity contribution in [2.75, 3.05) is 14.2 Å². The summed E-state index contributed by atoms with van der Waals surface area (Å²) >= 11 is 0. The number of carbonyl (C=O) groups excluding carboxylic acids is 2. The van der Waals surface area contributed by atoms with Gasteiger partial charge in [-0.3, -0.25) is 9.59 Å². The molecule has 0 aromatic heterocycles. The Morgan fingerprint density at radius 3 is 2.18 bits per heavy atom. The fraction of sp³-hybridized carbons (Fsp3) is 0.357. The second-order valence-corrected chi connectivity index (χ2v) is 9.06. The Labute approximate surface area is 198 Å². The van der Waals surface area contributed by atoms with E-state index in [4.69, 9.17) is 9.47 Å². The molecule has 0 saturated carbocycles. The number of hydrogen-bond acceptors (Lipinski definition) is 5. The van der Waals surface area contributed by atoms with Crippen molar-refractivity contribution in [3.8, 4) is 11.5 Å². The molecule has 5 nitrogen and oxygen atoms in total. The van der Waals surface area contributed by atoms with Gasteiger partial charge >= 0.3 is 0 Å². The van der Waals surface area contributed by atoms with Crippen molar-refractivity contribution in [1.82, 2.24) is 4.90 Å². The van der Waals surface area contributed by atoms with E-state index < -0.39 is 5.92 Å². The summed E-state index contributed by atoms with van der Waals surface area (Å²) in [6.07, 6.45) is 4.33. The van der Waals surface area contributed by atoms with Crippen molar-refractivity contribution in [1.29, 1.82) is 0 Å². The molecule has 2 aromatic rings. The summed E-state index contributed by atoms with van der Waals surface area (Å²) in [6.45, 7) is 0.0676. The van der Waals surface area contributed by atoms with Crippen molar-refractivity contribution >= 4 is 11.6 Å². The molecule has 176 valence electrons. The first kappa shape index (κ1) is 22.4. The van der Waals surface area contributed by atoms with Crippen LogP contribution in [0.15, 0.2) is 65.0 Å². The molecule has 2 aliphatic carbocycles. The van der Waals surface area contributed by atoms with Crippen molar-refractivity contribution < 1.29 is 23.5 Å². The molecule has 0 unspecified atom stereocenters. The van der Waals surface area contributed by atoms with E-state index in [0.717, 1.165) is 53.8 Å². The molecular formula is C28H28FNO4. The summed E-state index contributed by atoms with van der Waals surface area (Å²) in [5.74, 6) is 0.481. The number of carbonyl (C=O) groups is 2. The third kappa shape index (κ3) is 3.81. The predicted octanol–water partition coefficient (Wildman–Crippen LogP) is 5.46. The van der Waals surface area contributed by atoms with Crippen LogP contribution < -0.4 is 9.47 Å². The molecule has 0 spiro atoms. The summed E-state index contributed by atoms with van der Waals surface area (Å²) in [7, 11) is 3.54. The van der Waals surface area contributed by atoms with Crippen LogP contribution in [0, 0.1) is 5.82 Å². The molecule has 1 aliphatic heterocycles. The van der Waals surface area contributed by atoms with Crippen LogP contribution >= 0.6 is 0 Å². The number of nitrogens with zero attached hydrogens (tertiary/aromatic N) is 1. The third-order valence-electron chi connectivity index (χ3n) is 7.11. The van der Waals surface area contributed by atoms with E-state index in [1.165, 1.54) is 6.07 Å². The molecule has 0 saturated heterocycles. The zero-order valence-corrected chi connectivity index (χ0v) is 19.5. The minimum atomic E-state index is -0.392. The second-order valence-electron chi connectivity index (χ2n) is 9.06. The highest BCUT2D eigenvalue weighted by atomic mass is 19.1. The molecule has 5 rings (SSSR count). The number of hydrogen-bond donors (Lipinski definition) is 0. The Hall–Kier alpha value is -3.41. The van der Waals surface area contributed by atoms with Crippen LogP contribution in [0.4, 0.5) is 4.39 Å². The molecule has 6 heteroatoms. The van der Waals surface area contributed by atoms with E-state index in [-0.39, 0.29) is 24.0 Å². The maximum Gasteiger partial charge on any atom is 0.161 e. The van der Waals surface area contributed by atoms with Gasteiger partial charge in [-0.15, -0.1) is 0 Å². The Kier molecular flexibility index (Phi) is 5.98. The number of Topliss-reactive ketones (excluding diaryl/α,β-unsaturated/α-hetero) is 2. The van der Waals surface area contributed by atoms with Gasteiger partial charge in [-0.25, -0.2) is 4.39 Å². The molecular weight excluding hydrogens is 433 g/mol. The number of halogens is 1. The van der Waals surface area contributed by atoms with Gasteiger partial charge in [0.15, 0.2) is 23.1 Å². The summed E-state index contributed by atoms with van der Waals surface area (Å²) in [5, 5.41) is 0. The van der Waals surface area contributed by atoms with Crippen LogP contribution in [0.2, 0.25) is 0 Å². The Bertz CT molecular complexity index is 1180. The highest BCUT2D eigenvalue weighted by molar-refractivity contribution is 6.06. The van der Waals surface area contributed by atoms with Crippen molar-refractivity contribution in [2.24, 2.45) is 0 Å². The number of ketones is 2. The molecule has 0 fully saturated rings. The molecule has 1 heterocycles. The highest BCUT2D eigenvalue weighted by Crippen LogP contribution is 2.49. The minimum absolute atomic E-state index is 0.0676. The lowest BCUT2D eigenvalue weighted by molar-refractivity contribution is -0.117. The first-order valence-electron chi connectivity index (χ1n) is 11.8. The molecule has 0 amide bonds. The number of rotatable bonds is 5. The lowest BCUT2D eigenvalue weighted by Gasteiger charge is -2.42. The topological polar surface area (TPSA) is 55.8 Å². The fourth-order valence-corrected chi connectivity index (χ4v) is 5.44. The SMILES string of the molecule is COc1cc(C2C3=C(CCCC3=O)N(C)C3=C2C(=O)CCC3)ccc1OCc1ccccc1F. The summed E-state index contributed by atoms with van der Waals surface area (Å²) in [6, 6.07) is 12.0. The first-order valence-corrected chi connectivity index (χ1v) is 11.8. The zero-order chi connectivity index (χ0) is 23.8. The monoisotopic (exact) mass is 461 g/mol. The van der Waals surface area contributed by atoms with Gasteiger partial charge in [0.25, 0.3) is 0 Å². The van der Waals surface area contributed by atoms with E-state index in [2.05, 4.69) is 4.90 Å². The van der Waals surface area contributed by atoms with Crippen LogP contribution in [0.1, 0.15) is 55.6 Å². The second kappa shape index (κ2) is 9.09. The molecule has 0 radical (unpaired) electrons. The number of ether oxygens (including phenoxy) is 2. The van der Waals surface area contributed by atoms with Gasteiger partial charge in [0, 0.05) is 53.9 Å². The number of methoxy groups -OCH3 is 1. The van der Waals surface area contributed by atoms with E-state index in [1.807, 2.05) is 19.2 Å². The van der Waals surface area contributed by atoms with Gasteiger partial charge in [-0.05, 0) is 49.4 Å². The van der Waals surface area contributed by atoms with E-state index in [9.17, 15) is 14.0 Å². The van der Waals surface area contributed by atoms with Crippen LogP contribution in [0.25, 0.3) is 0 Å². The third-order valence-corrected chi connectivity index (χ3v) is 7.11. The molecule has 0 atom stereocenters. The van der Waals surface area contributed by atoms with Gasteiger partial charge in [-0.1, -0.05) is 24.3 Å². The summed E-state index contributed by atoms with van der Waals surface area (Å²) in [4.78, 5) is 28.4. The van der Waals surface area contributed by atoms with E-state index in [0.29, 0.717) is 29.9 Å². The first-order chi connectivity index (χ1) is 16.5. The molecule has 2 aromatic carbocycles. The van der Waals surface area contributed by atoms with Gasteiger partial charge < -0.3 is 14.4 Å².